The Kier molecular flexibility index (Phi) is 4.99. The SMILES string of the molecule is CCC1(C(O)c2c(OC)cc(OC)cc2OC)CCCC1. The van der Waals surface area contributed by atoms with Crippen molar-refractivity contribution < 1.29 is 19.3 Å². The molecule has 1 saturated carbocycles. The van der Waals surface area contributed by atoms with Crippen molar-refractivity contribution in [3.05, 3.63) is 17.7 Å². The van der Waals surface area contributed by atoms with Crippen molar-refractivity contribution >= 4 is 0 Å². The molecule has 1 aliphatic rings. The molecule has 4 heteroatoms. The van der Waals surface area contributed by atoms with Gasteiger partial charge in [-0.3, -0.25) is 0 Å². The maximum atomic E-state index is 11.1. The Morgan fingerprint density at radius 2 is 1.57 bits per heavy atom. The van der Waals surface area contributed by atoms with Crippen LogP contribution in [-0.2, 0) is 0 Å². The van der Waals surface area contributed by atoms with Gasteiger partial charge in [0.15, 0.2) is 0 Å². The number of aliphatic hydroxyl groups is 1. The maximum Gasteiger partial charge on any atom is 0.132 e. The van der Waals surface area contributed by atoms with Crippen LogP contribution in [0.1, 0.15) is 50.7 Å². The lowest BCUT2D eigenvalue weighted by atomic mass is 9.75. The van der Waals surface area contributed by atoms with Gasteiger partial charge in [-0.15, -0.1) is 0 Å². The van der Waals surface area contributed by atoms with Gasteiger partial charge in [0, 0.05) is 17.5 Å². The van der Waals surface area contributed by atoms with Crippen molar-refractivity contribution in [2.24, 2.45) is 5.41 Å². The molecular weight excluding hydrogens is 268 g/mol. The first kappa shape index (κ1) is 16.0. The Labute approximate surface area is 127 Å². The lowest BCUT2D eigenvalue weighted by Gasteiger charge is -2.35. The highest BCUT2D eigenvalue weighted by Crippen LogP contribution is 2.54. The number of hydrogen-bond donors (Lipinski definition) is 1. The minimum absolute atomic E-state index is 0.0743. The van der Waals surface area contributed by atoms with Gasteiger partial charge in [-0.25, -0.2) is 0 Å². The summed E-state index contributed by atoms with van der Waals surface area (Å²) in [5.74, 6) is 1.91. The van der Waals surface area contributed by atoms with E-state index < -0.39 is 6.10 Å². The van der Waals surface area contributed by atoms with E-state index in [1.807, 2.05) is 0 Å². The number of benzene rings is 1. The highest BCUT2D eigenvalue weighted by atomic mass is 16.5. The highest BCUT2D eigenvalue weighted by molar-refractivity contribution is 5.52. The predicted molar refractivity (Wildman–Crippen MR) is 82.2 cm³/mol. The third-order valence-electron chi connectivity index (χ3n) is 4.91. The van der Waals surface area contributed by atoms with Crippen LogP contribution in [0.2, 0.25) is 0 Å². The number of rotatable bonds is 6. The Hall–Kier alpha value is -1.42. The van der Waals surface area contributed by atoms with Gasteiger partial charge >= 0.3 is 0 Å². The molecule has 0 spiro atoms. The molecule has 1 fully saturated rings. The van der Waals surface area contributed by atoms with Gasteiger partial charge in [-0.1, -0.05) is 19.8 Å². The molecule has 0 radical (unpaired) electrons. The first-order valence-corrected chi connectivity index (χ1v) is 7.60. The third-order valence-corrected chi connectivity index (χ3v) is 4.91. The summed E-state index contributed by atoms with van der Waals surface area (Å²) in [5.41, 5.74) is 0.666. The van der Waals surface area contributed by atoms with E-state index in [0.29, 0.717) is 17.2 Å². The van der Waals surface area contributed by atoms with Crippen LogP contribution in [0.25, 0.3) is 0 Å². The van der Waals surface area contributed by atoms with Crippen molar-refractivity contribution in [3.63, 3.8) is 0 Å². The highest BCUT2D eigenvalue weighted by Gasteiger charge is 2.42. The number of ether oxygens (including phenoxy) is 3. The van der Waals surface area contributed by atoms with E-state index in [4.69, 9.17) is 14.2 Å². The molecule has 2 rings (SSSR count). The Bertz CT molecular complexity index is 453. The maximum absolute atomic E-state index is 11.1. The van der Waals surface area contributed by atoms with Gasteiger partial charge in [-0.2, -0.15) is 0 Å². The van der Waals surface area contributed by atoms with Crippen LogP contribution in [0, 0.1) is 5.41 Å². The van der Waals surface area contributed by atoms with Gasteiger partial charge in [0.2, 0.25) is 0 Å². The molecule has 4 nitrogen and oxygen atoms in total. The first-order chi connectivity index (χ1) is 10.1. The summed E-state index contributed by atoms with van der Waals surface area (Å²) in [6.45, 7) is 2.15. The minimum atomic E-state index is -0.583. The van der Waals surface area contributed by atoms with E-state index >= 15 is 0 Å². The van der Waals surface area contributed by atoms with Crippen LogP contribution < -0.4 is 14.2 Å². The van der Waals surface area contributed by atoms with Crippen LogP contribution in [0.4, 0.5) is 0 Å². The second kappa shape index (κ2) is 6.56. The van der Waals surface area contributed by atoms with Crippen LogP contribution >= 0.6 is 0 Å². The summed E-state index contributed by atoms with van der Waals surface area (Å²) >= 11 is 0. The molecule has 0 aliphatic heterocycles. The van der Waals surface area contributed by atoms with Gasteiger partial charge < -0.3 is 19.3 Å². The van der Waals surface area contributed by atoms with Crippen LogP contribution in [0.5, 0.6) is 17.2 Å². The molecule has 1 unspecified atom stereocenters. The van der Waals surface area contributed by atoms with E-state index in [2.05, 4.69) is 6.92 Å². The molecule has 1 N–H and O–H groups in total. The van der Waals surface area contributed by atoms with Gasteiger partial charge in [0.25, 0.3) is 0 Å². The van der Waals surface area contributed by atoms with Crippen molar-refractivity contribution in [1.82, 2.24) is 0 Å². The molecule has 1 atom stereocenters. The molecule has 0 saturated heterocycles. The van der Waals surface area contributed by atoms with E-state index in [-0.39, 0.29) is 5.41 Å². The monoisotopic (exact) mass is 294 g/mol. The smallest absolute Gasteiger partial charge is 0.132 e. The van der Waals surface area contributed by atoms with E-state index in [1.165, 1.54) is 12.8 Å². The molecule has 0 bridgehead atoms. The average Bonchev–Trinajstić information content (AvgIpc) is 3.02. The van der Waals surface area contributed by atoms with Crippen molar-refractivity contribution in [2.45, 2.75) is 45.1 Å². The summed E-state index contributed by atoms with van der Waals surface area (Å²) in [7, 11) is 4.82. The minimum Gasteiger partial charge on any atom is -0.496 e. The summed E-state index contributed by atoms with van der Waals surface area (Å²) in [5, 5.41) is 11.1. The predicted octanol–water partition coefficient (Wildman–Crippen LogP) is 3.72. The second-order valence-electron chi connectivity index (χ2n) is 5.77. The standard InChI is InChI=1S/C17H26O4/c1-5-17(8-6-7-9-17)16(18)15-13(20-3)10-12(19-2)11-14(15)21-4/h10-11,16,18H,5-9H2,1-4H3. The molecule has 1 aromatic rings. The Morgan fingerprint density at radius 1 is 1.05 bits per heavy atom. The summed E-state index contributed by atoms with van der Waals surface area (Å²) in [6.07, 6.45) is 4.80. The number of aliphatic hydroxyl groups excluding tert-OH is 1. The Morgan fingerprint density at radius 3 is 1.95 bits per heavy atom. The van der Waals surface area contributed by atoms with Crippen molar-refractivity contribution in [2.75, 3.05) is 21.3 Å². The molecule has 1 aromatic carbocycles. The van der Waals surface area contributed by atoms with Gasteiger partial charge in [0.05, 0.1) is 33.0 Å². The molecule has 0 aromatic heterocycles. The number of hydrogen-bond acceptors (Lipinski definition) is 4. The molecule has 1 aliphatic carbocycles. The van der Waals surface area contributed by atoms with E-state index in [1.54, 1.807) is 33.5 Å². The van der Waals surface area contributed by atoms with Crippen LogP contribution in [0.15, 0.2) is 12.1 Å². The topological polar surface area (TPSA) is 47.9 Å². The summed E-state index contributed by atoms with van der Waals surface area (Å²) in [4.78, 5) is 0. The molecule has 118 valence electrons. The average molecular weight is 294 g/mol. The van der Waals surface area contributed by atoms with Crippen molar-refractivity contribution in [3.8, 4) is 17.2 Å². The lowest BCUT2D eigenvalue weighted by molar-refractivity contribution is 0.0202. The van der Waals surface area contributed by atoms with Gasteiger partial charge in [0.1, 0.15) is 17.2 Å². The third kappa shape index (κ3) is 2.82. The molecule has 0 heterocycles. The van der Waals surface area contributed by atoms with E-state index in [0.717, 1.165) is 24.8 Å². The molecule has 0 amide bonds. The number of methoxy groups -OCH3 is 3. The fourth-order valence-corrected chi connectivity index (χ4v) is 3.51. The largest absolute Gasteiger partial charge is 0.496 e. The van der Waals surface area contributed by atoms with E-state index in [9.17, 15) is 5.11 Å². The fourth-order valence-electron chi connectivity index (χ4n) is 3.51. The molecular formula is C17H26O4. The Balaban J connectivity index is 2.50. The fraction of sp³-hybridized carbons (Fsp3) is 0.647. The zero-order chi connectivity index (χ0) is 15.5. The zero-order valence-electron chi connectivity index (χ0n) is 13.4. The van der Waals surface area contributed by atoms with Crippen molar-refractivity contribution in [1.29, 1.82) is 0 Å². The first-order valence-electron chi connectivity index (χ1n) is 7.60. The normalized spacial score (nSPS) is 18.3. The van der Waals surface area contributed by atoms with Crippen LogP contribution in [0.3, 0.4) is 0 Å². The lowest BCUT2D eigenvalue weighted by Crippen LogP contribution is -2.26. The van der Waals surface area contributed by atoms with Gasteiger partial charge in [-0.05, 0) is 19.3 Å². The summed E-state index contributed by atoms with van der Waals surface area (Å²) in [6, 6.07) is 3.61. The quantitative estimate of drug-likeness (QED) is 0.868. The van der Waals surface area contributed by atoms with Crippen LogP contribution in [-0.4, -0.2) is 26.4 Å². The summed E-state index contributed by atoms with van der Waals surface area (Å²) < 4.78 is 16.2. The molecule has 21 heavy (non-hydrogen) atoms. The zero-order valence-corrected chi connectivity index (χ0v) is 13.4. The second-order valence-corrected chi connectivity index (χ2v) is 5.77.